The SMILES string of the molecule is CC(C)CCCCC(CCC(C)C)COC(=O)c1ccc(-c2nc(-c3ccccc3O)nc(-c3ccccc3O)n2)cc1. The van der Waals surface area contributed by atoms with Crippen LogP contribution in [0, 0.1) is 17.8 Å². The standard InChI is InChI=1S/C36H43N3O4/c1-24(2)11-5-6-12-26(18-17-25(3)4)23-43-36(42)28-21-19-27(20-22-28)33-37-34(29-13-7-9-15-31(29)40)39-35(38-33)30-14-8-10-16-32(30)41/h7-10,13-16,19-22,24-26,40-41H,5-6,11-12,17-18,23H2,1-4H3. The van der Waals surface area contributed by atoms with Gasteiger partial charge in [0, 0.05) is 5.56 Å². The van der Waals surface area contributed by atoms with E-state index in [2.05, 4.69) is 42.6 Å². The molecule has 1 heterocycles. The summed E-state index contributed by atoms with van der Waals surface area (Å²) in [6.07, 6.45) is 6.85. The van der Waals surface area contributed by atoms with Gasteiger partial charge in [-0.05, 0) is 67.0 Å². The highest BCUT2D eigenvalue weighted by Gasteiger charge is 2.18. The van der Waals surface area contributed by atoms with Crippen molar-refractivity contribution in [3.05, 3.63) is 78.4 Å². The molecule has 0 spiro atoms. The largest absolute Gasteiger partial charge is 0.507 e. The van der Waals surface area contributed by atoms with E-state index in [1.807, 2.05) is 0 Å². The number of aromatic nitrogens is 3. The molecule has 0 aliphatic rings. The molecule has 1 aromatic heterocycles. The Morgan fingerprint density at radius 3 is 1.70 bits per heavy atom. The smallest absolute Gasteiger partial charge is 0.338 e. The van der Waals surface area contributed by atoms with Crippen LogP contribution < -0.4 is 0 Å². The second-order valence-electron chi connectivity index (χ2n) is 12.0. The molecule has 1 atom stereocenters. The van der Waals surface area contributed by atoms with Gasteiger partial charge in [-0.25, -0.2) is 19.7 Å². The molecule has 0 aliphatic carbocycles. The summed E-state index contributed by atoms with van der Waals surface area (Å²) < 4.78 is 5.79. The van der Waals surface area contributed by atoms with Crippen molar-refractivity contribution >= 4 is 5.97 Å². The van der Waals surface area contributed by atoms with Crippen molar-refractivity contribution in [1.29, 1.82) is 0 Å². The second kappa shape index (κ2) is 15.3. The number of benzene rings is 3. The van der Waals surface area contributed by atoms with Crippen LogP contribution in [0.5, 0.6) is 11.5 Å². The summed E-state index contributed by atoms with van der Waals surface area (Å²) in [6.45, 7) is 9.39. The number of esters is 1. The minimum absolute atomic E-state index is 0.0348. The Labute approximate surface area is 255 Å². The zero-order chi connectivity index (χ0) is 30.8. The molecule has 4 rings (SSSR count). The van der Waals surface area contributed by atoms with Gasteiger partial charge in [0.05, 0.1) is 23.3 Å². The van der Waals surface area contributed by atoms with Gasteiger partial charge >= 0.3 is 5.97 Å². The number of rotatable bonds is 14. The molecule has 3 aromatic carbocycles. The minimum Gasteiger partial charge on any atom is -0.507 e. The van der Waals surface area contributed by atoms with Crippen molar-refractivity contribution in [3.8, 4) is 45.7 Å². The molecule has 2 N–H and O–H groups in total. The minimum atomic E-state index is -0.344. The molecule has 7 nitrogen and oxygen atoms in total. The van der Waals surface area contributed by atoms with Crippen LogP contribution in [0.4, 0.5) is 0 Å². The molecule has 43 heavy (non-hydrogen) atoms. The third kappa shape index (κ3) is 9.11. The van der Waals surface area contributed by atoms with E-state index in [4.69, 9.17) is 4.74 Å². The molecular weight excluding hydrogens is 538 g/mol. The Morgan fingerprint density at radius 2 is 1.16 bits per heavy atom. The topological polar surface area (TPSA) is 105 Å². The first-order valence-corrected chi connectivity index (χ1v) is 15.3. The number of hydrogen-bond acceptors (Lipinski definition) is 7. The summed E-state index contributed by atoms with van der Waals surface area (Å²) in [5.41, 5.74) is 2.01. The predicted molar refractivity (Wildman–Crippen MR) is 171 cm³/mol. The number of aromatic hydroxyl groups is 2. The van der Waals surface area contributed by atoms with Crippen LogP contribution in [-0.4, -0.2) is 37.7 Å². The molecule has 0 saturated carbocycles. The molecule has 7 heteroatoms. The van der Waals surface area contributed by atoms with Crippen molar-refractivity contribution in [2.45, 2.75) is 66.2 Å². The van der Waals surface area contributed by atoms with Gasteiger partial charge in [-0.2, -0.15) is 0 Å². The van der Waals surface area contributed by atoms with Crippen molar-refractivity contribution < 1.29 is 19.7 Å². The lowest BCUT2D eigenvalue weighted by Gasteiger charge is -2.18. The predicted octanol–water partition coefficient (Wildman–Crippen LogP) is 8.71. The first-order chi connectivity index (χ1) is 20.7. The zero-order valence-electron chi connectivity index (χ0n) is 25.7. The molecule has 4 aromatic rings. The van der Waals surface area contributed by atoms with E-state index in [0.29, 0.717) is 52.4 Å². The average molecular weight is 582 g/mol. The van der Waals surface area contributed by atoms with Gasteiger partial charge in [-0.1, -0.05) is 89.8 Å². The molecule has 1 unspecified atom stereocenters. The number of carbonyl (C=O) groups is 1. The van der Waals surface area contributed by atoms with E-state index in [1.165, 1.54) is 12.8 Å². The van der Waals surface area contributed by atoms with Crippen LogP contribution in [0.15, 0.2) is 72.8 Å². The maximum atomic E-state index is 13.0. The van der Waals surface area contributed by atoms with Crippen LogP contribution in [0.3, 0.4) is 0 Å². The summed E-state index contributed by atoms with van der Waals surface area (Å²) in [4.78, 5) is 26.8. The van der Waals surface area contributed by atoms with Gasteiger partial charge in [0.2, 0.25) is 0 Å². The van der Waals surface area contributed by atoms with E-state index in [-0.39, 0.29) is 29.1 Å². The number of nitrogens with zero attached hydrogens (tertiary/aromatic N) is 3. The van der Waals surface area contributed by atoms with E-state index in [0.717, 1.165) is 25.7 Å². The van der Waals surface area contributed by atoms with E-state index < -0.39 is 0 Å². The van der Waals surface area contributed by atoms with Gasteiger partial charge in [0.25, 0.3) is 0 Å². The fraction of sp³-hybridized carbons (Fsp3) is 0.389. The van der Waals surface area contributed by atoms with Crippen molar-refractivity contribution in [2.75, 3.05) is 6.61 Å². The number of ether oxygens (including phenoxy) is 1. The summed E-state index contributed by atoms with van der Waals surface area (Å²) in [5.74, 6) is 2.31. The fourth-order valence-corrected chi connectivity index (χ4v) is 4.97. The number of para-hydroxylation sites is 2. The van der Waals surface area contributed by atoms with Gasteiger partial charge in [0.15, 0.2) is 17.5 Å². The number of phenolic OH excluding ortho intramolecular Hbond substituents is 2. The number of carbonyl (C=O) groups excluding carboxylic acids is 1. The third-order valence-electron chi connectivity index (χ3n) is 7.55. The van der Waals surface area contributed by atoms with Crippen molar-refractivity contribution in [1.82, 2.24) is 15.0 Å². The quantitative estimate of drug-likeness (QED) is 0.113. The van der Waals surface area contributed by atoms with Crippen LogP contribution in [-0.2, 0) is 4.74 Å². The highest BCUT2D eigenvalue weighted by molar-refractivity contribution is 5.90. The Kier molecular flexibility index (Phi) is 11.3. The summed E-state index contributed by atoms with van der Waals surface area (Å²) >= 11 is 0. The third-order valence-corrected chi connectivity index (χ3v) is 7.55. The molecule has 0 saturated heterocycles. The lowest BCUT2D eigenvalue weighted by atomic mass is 9.93. The van der Waals surface area contributed by atoms with Gasteiger partial charge < -0.3 is 14.9 Å². The van der Waals surface area contributed by atoms with E-state index >= 15 is 0 Å². The van der Waals surface area contributed by atoms with Crippen LogP contribution in [0.2, 0.25) is 0 Å². The fourth-order valence-electron chi connectivity index (χ4n) is 4.97. The second-order valence-corrected chi connectivity index (χ2v) is 12.0. The number of phenols is 2. The normalized spacial score (nSPS) is 12.0. The Bertz CT molecular complexity index is 1420. The summed E-state index contributed by atoms with van der Waals surface area (Å²) in [7, 11) is 0. The molecule has 226 valence electrons. The van der Waals surface area contributed by atoms with Gasteiger partial charge in [0.1, 0.15) is 11.5 Å². The molecular formula is C36H43N3O4. The maximum absolute atomic E-state index is 13.0. The maximum Gasteiger partial charge on any atom is 0.338 e. The molecule has 0 radical (unpaired) electrons. The summed E-state index contributed by atoms with van der Waals surface area (Å²) in [6, 6.07) is 20.6. The summed E-state index contributed by atoms with van der Waals surface area (Å²) in [5, 5.41) is 20.9. The molecule has 0 amide bonds. The van der Waals surface area contributed by atoms with Gasteiger partial charge in [-0.15, -0.1) is 0 Å². The zero-order valence-corrected chi connectivity index (χ0v) is 25.7. The Morgan fingerprint density at radius 1 is 0.651 bits per heavy atom. The molecule has 0 aliphatic heterocycles. The van der Waals surface area contributed by atoms with E-state index in [1.54, 1.807) is 72.8 Å². The highest BCUT2D eigenvalue weighted by atomic mass is 16.5. The number of hydrogen-bond donors (Lipinski definition) is 2. The van der Waals surface area contributed by atoms with Crippen LogP contribution in [0.25, 0.3) is 34.2 Å². The lowest BCUT2D eigenvalue weighted by molar-refractivity contribution is 0.0420. The van der Waals surface area contributed by atoms with E-state index in [9.17, 15) is 15.0 Å². The lowest BCUT2D eigenvalue weighted by Crippen LogP contribution is -2.15. The highest BCUT2D eigenvalue weighted by Crippen LogP contribution is 2.32. The monoisotopic (exact) mass is 581 g/mol. The first-order valence-electron chi connectivity index (χ1n) is 15.3. The van der Waals surface area contributed by atoms with Gasteiger partial charge in [-0.3, -0.25) is 0 Å². The van der Waals surface area contributed by atoms with Crippen molar-refractivity contribution in [2.24, 2.45) is 17.8 Å². The molecule has 0 bridgehead atoms. The molecule has 0 fully saturated rings. The first kappa shape index (κ1) is 31.7. The number of unbranched alkanes of at least 4 members (excludes halogenated alkanes) is 1. The van der Waals surface area contributed by atoms with Crippen LogP contribution in [0.1, 0.15) is 76.6 Å². The van der Waals surface area contributed by atoms with Crippen molar-refractivity contribution in [3.63, 3.8) is 0 Å². The Hall–Kier alpha value is -4.26. The van der Waals surface area contributed by atoms with Crippen LogP contribution >= 0.6 is 0 Å². The average Bonchev–Trinajstić information content (AvgIpc) is 3.00. The Balaban J connectivity index is 1.52.